The van der Waals surface area contributed by atoms with Crippen LogP contribution in [0.25, 0.3) is 0 Å². The second-order valence-electron chi connectivity index (χ2n) is 8.03. The van der Waals surface area contributed by atoms with E-state index in [0.29, 0.717) is 0 Å². The van der Waals surface area contributed by atoms with E-state index in [1.165, 1.54) is 47.7 Å². The van der Waals surface area contributed by atoms with E-state index in [0.717, 1.165) is 12.0 Å². The Morgan fingerprint density at radius 3 is 1.46 bits per heavy atom. The topological polar surface area (TPSA) is 0 Å². The molecule has 0 spiro atoms. The number of hydrogen-bond donors (Lipinski definition) is 0. The summed E-state index contributed by atoms with van der Waals surface area (Å²) in [6.45, 7) is 0. The average Bonchev–Trinajstić information content (AvgIpc) is 2.79. The summed E-state index contributed by atoms with van der Waals surface area (Å²) in [4.78, 5) is 0. The normalized spacial score (nSPS) is 15.7. The number of rotatable bonds is 6. The molecule has 0 atom stereocenters. The van der Waals surface area contributed by atoms with Gasteiger partial charge in [-0.05, 0) is 40.4 Å². The van der Waals surface area contributed by atoms with E-state index < -0.39 is 8.07 Å². The van der Waals surface area contributed by atoms with Gasteiger partial charge in [0.2, 0.25) is 0 Å². The highest BCUT2D eigenvalue weighted by Gasteiger charge is 2.37. The molecule has 28 heavy (non-hydrogen) atoms. The predicted molar refractivity (Wildman–Crippen MR) is 125 cm³/mol. The maximum Gasteiger partial charge on any atom is 0.151 e. The highest BCUT2D eigenvalue weighted by Crippen LogP contribution is 2.25. The van der Waals surface area contributed by atoms with Crippen molar-refractivity contribution in [3.63, 3.8) is 0 Å². The SMILES string of the molecule is C(=C/C1CCCCC1)/C[Si](c1ccccc1)(c1ccccc1)c1ccccc1. The molecule has 0 radical (unpaired) electrons. The molecule has 1 saturated carbocycles. The summed E-state index contributed by atoms with van der Waals surface area (Å²) >= 11 is 0. The summed E-state index contributed by atoms with van der Waals surface area (Å²) in [5.74, 6) is 0.780. The fraction of sp³-hybridized carbons (Fsp3) is 0.259. The number of hydrogen-bond acceptors (Lipinski definition) is 0. The van der Waals surface area contributed by atoms with Crippen molar-refractivity contribution in [2.24, 2.45) is 5.92 Å². The standard InChI is InChI=1S/C27H30Si/c1-5-14-24(15-6-1)16-13-23-28(25-17-7-2-8-18-25,26-19-9-3-10-20-26)27-21-11-4-12-22-27/h2-4,7-13,16-22,24H,1,5-6,14-15,23H2/b16-13-. The van der Waals surface area contributed by atoms with Crippen molar-refractivity contribution in [1.82, 2.24) is 0 Å². The third-order valence-electron chi connectivity index (χ3n) is 6.28. The molecule has 0 amide bonds. The van der Waals surface area contributed by atoms with Crippen LogP contribution in [0.4, 0.5) is 0 Å². The van der Waals surface area contributed by atoms with E-state index in [-0.39, 0.29) is 0 Å². The lowest BCUT2D eigenvalue weighted by molar-refractivity contribution is 0.419. The zero-order valence-electron chi connectivity index (χ0n) is 16.6. The van der Waals surface area contributed by atoms with Crippen LogP contribution in [-0.4, -0.2) is 8.07 Å². The van der Waals surface area contributed by atoms with E-state index in [2.05, 4.69) is 103 Å². The van der Waals surface area contributed by atoms with E-state index >= 15 is 0 Å². The van der Waals surface area contributed by atoms with Gasteiger partial charge in [0.1, 0.15) is 0 Å². The van der Waals surface area contributed by atoms with Crippen LogP contribution in [0, 0.1) is 5.92 Å². The smallest absolute Gasteiger partial charge is 0.0900 e. The Labute approximate surface area is 171 Å². The molecule has 1 heteroatoms. The highest BCUT2D eigenvalue weighted by atomic mass is 28.3. The zero-order valence-corrected chi connectivity index (χ0v) is 17.6. The largest absolute Gasteiger partial charge is 0.151 e. The molecule has 3 aromatic rings. The Bertz CT molecular complexity index is 765. The minimum absolute atomic E-state index is 0.780. The minimum atomic E-state index is -2.10. The van der Waals surface area contributed by atoms with Crippen LogP contribution in [0.3, 0.4) is 0 Å². The molecule has 0 N–H and O–H groups in total. The minimum Gasteiger partial charge on any atom is -0.0900 e. The first-order chi connectivity index (χ1) is 13.9. The van der Waals surface area contributed by atoms with Gasteiger partial charge < -0.3 is 0 Å². The maximum atomic E-state index is 2.54. The quantitative estimate of drug-likeness (QED) is 0.308. The fourth-order valence-electron chi connectivity index (χ4n) is 4.79. The molecule has 0 saturated heterocycles. The van der Waals surface area contributed by atoms with Crippen molar-refractivity contribution in [2.45, 2.75) is 38.1 Å². The monoisotopic (exact) mass is 382 g/mol. The molecule has 0 unspecified atom stereocenters. The van der Waals surface area contributed by atoms with Gasteiger partial charge in [0.15, 0.2) is 8.07 Å². The van der Waals surface area contributed by atoms with Crippen LogP contribution in [0.15, 0.2) is 103 Å². The van der Waals surface area contributed by atoms with Crippen LogP contribution in [0.2, 0.25) is 6.04 Å². The first-order valence-electron chi connectivity index (χ1n) is 10.7. The maximum absolute atomic E-state index is 2.54. The van der Waals surface area contributed by atoms with Gasteiger partial charge in [-0.2, -0.15) is 0 Å². The summed E-state index contributed by atoms with van der Waals surface area (Å²) < 4.78 is 0. The Kier molecular flexibility index (Phi) is 6.23. The molecular weight excluding hydrogens is 352 g/mol. The Morgan fingerprint density at radius 1 is 0.607 bits per heavy atom. The second-order valence-corrected chi connectivity index (χ2v) is 12.0. The van der Waals surface area contributed by atoms with Crippen molar-refractivity contribution < 1.29 is 0 Å². The van der Waals surface area contributed by atoms with Gasteiger partial charge in [0, 0.05) is 0 Å². The molecule has 0 nitrogen and oxygen atoms in total. The summed E-state index contributed by atoms with van der Waals surface area (Å²) in [6, 6.07) is 34.8. The van der Waals surface area contributed by atoms with Gasteiger partial charge in [0.05, 0.1) is 0 Å². The summed E-state index contributed by atoms with van der Waals surface area (Å²) in [5.41, 5.74) is 0. The van der Waals surface area contributed by atoms with Gasteiger partial charge in [0.25, 0.3) is 0 Å². The molecule has 0 heterocycles. The first kappa shape index (κ1) is 19.0. The molecule has 0 bridgehead atoms. The molecule has 0 aromatic heterocycles. The third kappa shape index (κ3) is 4.05. The molecular formula is C27H30Si. The van der Waals surface area contributed by atoms with Crippen LogP contribution >= 0.6 is 0 Å². The van der Waals surface area contributed by atoms with Crippen LogP contribution < -0.4 is 15.6 Å². The molecule has 1 aliphatic carbocycles. The Balaban J connectivity index is 1.80. The molecule has 0 aliphatic heterocycles. The van der Waals surface area contributed by atoms with E-state index in [1.807, 2.05) is 0 Å². The lowest BCUT2D eigenvalue weighted by atomic mass is 9.89. The molecule has 4 rings (SSSR count). The molecule has 142 valence electrons. The third-order valence-corrected chi connectivity index (χ3v) is 11.1. The molecule has 1 aliphatic rings. The Morgan fingerprint density at radius 2 is 1.04 bits per heavy atom. The summed E-state index contributed by atoms with van der Waals surface area (Å²) in [6.07, 6.45) is 12.0. The summed E-state index contributed by atoms with van der Waals surface area (Å²) in [7, 11) is -2.10. The summed E-state index contributed by atoms with van der Waals surface area (Å²) in [5, 5.41) is 4.50. The molecule has 1 fully saturated rings. The van der Waals surface area contributed by atoms with Gasteiger partial charge in [-0.1, -0.05) is 122 Å². The van der Waals surface area contributed by atoms with E-state index in [9.17, 15) is 0 Å². The van der Waals surface area contributed by atoms with Crippen molar-refractivity contribution in [3.8, 4) is 0 Å². The Hall–Kier alpha value is -2.38. The highest BCUT2D eigenvalue weighted by molar-refractivity contribution is 7.11. The van der Waals surface area contributed by atoms with Gasteiger partial charge >= 0.3 is 0 Å². The predicted octanol–water partition coefficient (Wildman–Crippen LogP) is 5.29. The lowest BCUT2D eigenvalue weighted by Crippen LogP contribution is -2.66. The van der Waals surface area contributed by atoms with Crippen molar-refractivity contribution >= 4 is 23.6 Å². The van der Waals surface area contributed by atoms with Gasteiger partial charge in [-0.3, -0.25) is 0 Å². The average molecular weight is 383 g/mol. The zero-order chi connectivity index (χ0) is 19.1. The van der Waals surface area contributed by atoms with Gasteiger partial charge in [-0.25, -0.2) is 0 Å². The second kappa shape index (κ2) is 9.21. The fourth-order valence-corrected chi connectivity index (χ4v) is 9.27. The first-order valence-corrected chi connectivity index (χ1v) is 12.9. The van der Waals surface area contributed by atoms with E-state index in [4.69, 9.17) is 0 Å². The van der Waals surface area contributed by atoms with Crippen LogP contribution in [0.1, 0.15) is 32.1 Å². The number of benzene rings is 3. The molecule has 3 aromatic carbocycles. The van der Waals surface area contributed by atoms with Gasteiger partial charge in [-0.15, -0.1) is 0 Å². The van der Waals surface area contributed by atoms with Crippen molar-refractivity contribution in [3.05, 3.63) is 103 Å². The van der Waals surface area contributed by atoms with E-state index in [1.54, 1.807) is 0 Å². The van der Waals surface area contributed by atoms with Crippen LogP contribution in [0.5, 0.6) is 0 Å². The van der Waals surface area contributed by atoms with Crippen LogP contribution in [-0.2, 0) is 0 Å². The van der Waals surface area contributed by atoms with Crippen molar-refractivity contribution in [1.29, 1.82) is 0 Å². The van der Waals surface area contributed by atoms with Crippen molar-refractivity contribution in [2.75, 3.05) is 0 Å². The number of allylic oxidation sites excluding steroid dienone is 2. The lowest BCUT2D eigenvalue weighted by Gasteiger charge is -2.33.